The van der Waals surface area contributed by atoms with Crippen molar-refractivity contribution in [2.45, 2.75) is 0 Å². The number of amides is 1. The molecule has 0 unspecified atom stereocenters. The van der Waals surface area contributed by atoms with Gasteiger partial charge in [-0.3, -0.25) is 9.59 Å². The highest BCUT2D eigenvalue weighted by molar-refractivity contribution is 6.13. The van der Waals surface area contributed by atoms with Crippen LogP contribution in [-0.4, -0.2) is 29.7 Å². The lowest BCUT2D eigenvalue weighted by molar-refractivity contribution is 0.0698. The summed E-state index contributed by atoms with van der Waals surface area (Å²) in [6, 6.07) is 6.92. The van der Waals surface area contributed by atoms with Gasteiger partial charge >= 0.3 is 0 Å². The summed E-state index contributed by atoms with van der Waals surface area (Å²) < 4.78 is 0. The van der Waals surface area contributed by atoms with Gasteiger partial charge in [0.25, 0.3) is 5.91 Å². The maximum Gasteiger partial charge on any atom is 0.255 e. The van der Waals surface area contributed by atoms with Gasteiger partial charge in [0.1, 0.15) is 0 Å². The molecular weight excluding hydrogens is 190 g/mol. The van der Waals surface area contributed by atoms with Crippen LogP contribution in [0, 0.1) is 0 Å². The third-order valence-electron chi connectivity index (χ3n) is 2.43. The van der Waals surface area contributed by atoms with Crippen LogP contribution in [-0.2, 0) is 0 Å². The van der Waals surface area contributed by atoms with Crippen LogP contribution in [0.1, 0.15) is 20.7 Å². The van der Waals surface area contributed by atoms with Crippen LogP contribution in [0.2, 0.25) is 0 Å². The van der Waals surface area contributed by atoms with E-state index in [2.05, 4.69) is 6.58 Å². The topological polar surface area (TPSA) is 37.4 Å². The second-order valence-electron chi connectivity index (χ2n) is 3.44. The molecule has 1 heterocycles. The van der Waals surface area contributed by atoms with Crippen LogP contribution >= 0.6 is 0 Å². The summed E-state index contributed by atoms with van der Waals surface area (Å²) >= 11 is 0. The Hall–Kier alpha value is -1.90. The van der Waals surface area contributed by atoms with E-state index in [1.54, 1.807) is 30.3 Å². The van der Waals surface area contributed by atoms with E-state index in [-0.39, 0.29) is 18.2 Å². The molecule has 0 saturated heterocycles. The number of carbonyl (C=O) groups is 2. The van der Waals surface area contributed by atoms with Gasteiger partial charge in [0.2, 0.25) is 0 Å². The second kappa shape index (κ2) is 3.69. The Labute approximate surface area is 88.0 Å². The van der Waals surface area contributed by atoms with Gasteiger partial charge in [0.15, 0.2) is 5.78 Å². The number of benzene rings is 1. The summed E-state index contributed by atoms with van der Waals surface area (Å²) in [5.74, 6) is -0.0999. The lowest BCUT2D eigenvalue weighted by Crippen LogP contribution is -2.41. The van der Waals surface area contributed by atoms with Gasteiger partial charge in [-0.15, -0.1) is 6.58 Å². The molecule has 0 saturated carbocycles. The molecule has 15 heavy (non-hydrogen) atoms. The molecule has 1 amide bonds. The van der Waals surface area contributed by atoms with Crippen molar-refractivity contribution in [1.82, 2.24) is 4.90 Å². The summed E-state index contributed by atoms with van der Waals surface area (Å²) in [4.78, 5) is 25.1. The Bertz CT molecular complexity index is 437. The first-order chi connectivity index (χ1) is 7.24. The van der Waals surface area contributed by atoms with Crippen molar-refractivity contribution in [2.75, 3.05) is 13.1 Å². The summed E-state index contributed by atoms with van der Waals surface area (Å²) in [6.45, 7) is 4.14. The van der Waals surface area contributed by atoms with Crippen molar-refractivity contribution in [1.29, 1.82) is 0 Å². The predicted octanol–water partition coefficient (Wildman–Crippen LogP) is 1.51. The van der Waals surface area contributed by atoms with E-state index in [9.17, 15) is 9.59 Å². The number of nitrogens with zero attached hydrogens (tertiary/aromatic N) is 1. The number of rotatable bonds is 2. The van der Waals surface area contributed by atoms with Gasteiger partial charge in [0.05, 0.1) is 12.1 Å². The average Bonchev–Trinajstić information content (AvgIpc) is 2.26. The van der Waals surface area contributed by atoms with Gasteiger partial charge in [-0.1, -0.05) is 24.3 Å². The van der Waals surface area contributed by atoms with E-state index in [0.717, 1.165) is 0 Å². The molecule has 1 aliphatic rings. The van der Waals surface area contributed by atoms with E-state index in [1.165, 1.54) is 4.90 Å². The molecule has 0 fully saturated rings. The van der Waals surface area contributed by atoms with Crippen LogP contribution in [0.15, 0.2) is 36.9 Å². The van der Waals surface area contributed by atoms with Crippen LogP contribution in [0.3, 0.4) is 0 Å². The van der Waals surface area contributed by atoms with Crippen molar-refractivity contribution in [3.63, 3.8) is 0 Å². The summed E-state index contributed by atoms with van der Waals surface area (Å²) in [7, 11) is 0. The fraction of sp³-hybridized carbons (Fsp3) is 0.167. The molecule has 0 radical (unpaired) electrons. The fourth-order valence-electron chi connectivity index (χ4n) is 1.72. The molecule has 0 bridgehead atoms. The number of Topliss-reactive ketones (excluding diaryl/α,β-unsaturated/α-hetero) is 1. The summed E-state index contributed by atoms with van der Waals surface area (Å²) in [5.41, 5.74) is 1.03. The van der Waals surface area contributed by atoms with E-state index in [1.807, 2.05) is 0 Å². The first-order valence-corrected chi connectivity index (χ1v) is 4.76. The standard InChI is InChI=1S/C12H11NO2/c1-2-7-13-8-11(14)9-5-3-4-6-10(9)12(13)15/h2-6H,1,7-8H2. The van der Waals surface area contributed by atoms with Gasteiger partial charge in [-0.25, -0.2) is 0 Å². The zero-order chi connectivity index (χ0) is 10.8. The van der Waals surface area contributed by atoms with Crippen LogP contribution in [0.5, 0.6) is 0 Å². The number of hydrogen-bond donors (Lipinski definition) is 0. The first-order valence-electron chi connectivity index (χ1n) is 4.76. The van der Waals surface area contributed by atoms with E-state index >= 15 is 0 Å². The maximum atomic E-state index is 11.9. The highest BCUT2D eigenvalue weighted by atomic mass is 16.2. The SMILES string of the molecule is C=CCN1CC(=O)c2ccccc2C1=O. The Morgan fingerprint density at radius 3 is 2.60 bits per heavy atom. The Kier molecular flexibility index (Phi) is 2.37. The molecule has 1 aromatic carbocycles. The molecule has 76 valence electrons. The quantitative estimate of drug-likeness (QED) is 0.680. The van der Waals surface area contributed by atoms with Gasteiger partial charge < -0.3 is 4.90 Å². The molecule has 0 aromatic heterocycles. The van der Waals surface area contributed by atoms with E-state index < -0.39 is 0 Å². The maximum absolute atomic E-state index is 11.9. The fourth-order valence-corrected chi connectivity index (χ4v) is 1.72. The highest BCUT2D eigenvalue weighted by Gasteiger charge is 2.28. The van der Waals surface area contributed by atoms with Gasteiger partial charge in [-0.05, 0) is 6.07 Å². The molecule has 0 aliphatic carbocycles. The molecule has 1 aromatic rings. The Morgan fingerprint density at radius 1 is 1.27 bits per heavy atom. The number of fused-ring (bicyclic) bond motifs is 1. The number of ketones is 1. The van der Waals surface area contributed by atoms with Gasteiger partial charge in [-0.2, -0.15) is 0 Å². The summed E-state index contributed by atoms with van der Waals surface area (Å²) in [6.07, 6.45) is 1.62. The zero-order valence-electron chi connectivity index (χ0n) is 8.27. The molecule has 1 aliphatic heterocycles. The Balaban J connectivity index is 2.44. The van der Waals surface area contributed by atoms with Crippen molar-refractivity contribution in [3.05, 3.63) is 48.0 Å². The molecule has 2 rings (SSSR count). The minimum atomic E-state index is -0.0925. The number of hydrogen-bond acceptors (Lipinski definition) is 2. The van der Waals surface area contributed by atoms with Crippen molar-refractivity contribution in [3.8, 4) is 0 Å². The van der Waals surface area contributed by atoms with Crippen molar-refractivity contribution in [2.24, 2.45) is 0 Å². The second-order valence-corrected chi connectivity index (χ2v) is 3.44. The Morgan fingerprint density at radius 2 is 1.93 bits per heavy atom. The van der Waals surface area contributed by atoms with Crippen LogP contribution in [0.4, 0.5) is 0 Å². The normalized spacial score (nSPS) is 15.1. The lowest BCUT2D eigenvalue weighted by Gasteiger charge is -2.26. The van der Waals surface area contributed by atoms with E-state index in [0.29, 0.717) is 17.7 Å². The van der Waals surface area contributed by atoms with Gasteiger partial charge in [0, 0.05) is 12.1 Å². The first kappa shape index (κ1) is 9.65. The predicted molar refractivity (Wildman–Crippen MR) is 56.9 cm³/mol. The smallest absolute Gasteiger partial charge is 0.255 e. The zero-order valence-corrected chi connectivity index (χ0v) is 8.27. The molecule has 0 atom stereocenters. The lowest BCUT2D eigenvalue weighted by atomic mass is 9.98. The summed E-state index contributed by atoms with van der Waals surface area (Å²) in [5, 5.41) is 0. The van der Waals surface area contributed by atoms with E-state index in [4.69, 9.17) is 0 Å². The third kappa shape index (κ3) is 1.56. The molecular formula is C12H11NO2. The third-order valence-corrected chi connectivity index (χ3v) is 2.43. The number of carbonyl (C=O) groups excluding carboxylic acids is 2. The molecule has 0 N–H and O–H groups in total. The average molecular weight is 201 g/mol. The van der Waals surface area contributed by atoms with Crippen molar-refractivity contribution < 1.29 is 9.59 Å². The monoisotopic (exact) mass is 201 g/mol. The molecule has 3 nitrogen and oxygen atoms in total. The molecule has 3 heteroatoms. The minimum absolute atomic E-state index is 0.00736. The highest BCUT2D eigenvalue weighted by Crippen LogP contribution is 2.18. The van der Waals surface area contributed by atoms with Crippen LogP contribution in [0.25, 0.3) is 0 Å². The van der Waals surface area contributed by atoms with Crippen molar-refractivity contribution >= 4 is 11.7 Å². The van der Waals surface area contributed by atoms with Crippen LogP contribution < -0.4 is 0 Å². The minimum Gasteiger partial charge on any atom is -0.327 e. The largest absolute Gasteiger partial charge is 0.327 e. The molecule has 0 spiro atoms.